The van der Waals surface area contributed by atoms with Gasteiger partial charge in [-0.25, -0.2) is 4.39 Å². The lowest BCUT2D eigenvalue weighted by molar-refractivity contribution is -0.128. The maximum Gasteiger partial charge on any atom is 0.233 e. The molecule has 1 aromatic carbocycles. The molecule has 8 heteroatoms. The van der Waals surface area contributed by atoms with Crippen molar-refractivity contribution in [3.8, 4) is 0 Å². The standard InChI is InChI=1S/C19H25FN4OS2/c1-2-24(12-14-7-6-8-15(20)11-14)17(25)13-26-19-23-22-18(27-19)21-16-9-4-3-5-10-16/h6-8,11,16H,2-5,9-10,12-13H2,1H3,(H,21,22). The van der Waals surface area contributed by atoms with Gasteiger partial charge in [0.05, 0.1) is 5.75 Å². The SMILES string of the molecule is CCN(Cc1cccc(F)c1)C(=O)CSc1nnc(NC2CCCCC2)s1. The van der Waals surface area contributed by atoms with Crippen LogP contribution < -0.4 is 5.32 Å². The van der Waals surface area contributed by atoms with Gasteiger partial charge in [-0.15, -0.1) is 10.2 Å². The summed E-state index contributed by atoms with van der Waals surface area (Å²) in [5.74, 6) is 0.0438. The number of halogens is 1. The van der Waals surface area contributed by atoms with Crippen molar-refractivity contribution < 1.29 is 9.18 Å². The molecule has 1 fully saturated rings. The molecule has 0 atom stereocenters. The Morgan fingerprint density at radius 1 is 1.33 bits per heavy atom. The Morgan fingerprint density at radius 3 is 2.89 bits per heavy atom. The fourth-order valence-electron chi connectivity index (χ4n) is 3.19. The van der Waals surface area contributed by atoms with Gasteiger partial charge in [0, 0.05) is 19.1 Å². The minimum Gasteiger partial charge on any atom is -0.357 e. The molecule has 1 heterocycles. The maximum absolute atomic E-state index is 13.3. The summed E-state index contributed by atoms with van der Waals surface area (Å²) in [4.78, 5) is 14.2. The van der Waals surface area contributed by atoms with Crippen molar-refractivity contribution in [2.45, 2.75) is 56.0 Å². The monoisotopic (exact) mass is 408 g/mol. The fourth-order valence-corrected chi connectivity index (χ4v) is 4.93. The Labute approximate surface area is 167 Å². The summed E-state index contributed by atoms with van der Waals surface area (Å²) >= 11 is 2.91. The molecule has 1 amide bonds. The summed E-state index contributed by atoms with van der Waals surface area (Å²) in [5.41, 5.74) is 0.796. The minimum atomic E-state index is -0.280. The molecule has 27 heavy (non-hydrogen) atoms. The van der Waals surface area contributed by atoms with Crippen molar-refractivity contribution >= 4 is 34.1 Å². The van der Waals surface area contributed by atoms with Crippen LogP contribution in [0.15, 0.2) is 28.6 Å². The van der Waals surface area contributed by atoms with E-state index in [1.807, 2.05) is 13.0 Å². The molecule has 0 spiro atoms. The average Bonchev–Trinajstić information content (AvgIpc) is 3.12. The first-order valence-corrected chi connectivity index (χ1v) is 11.2. The predicted molar refractivity (Wildman–Crippen MR) is 109 cm³/mol. The minimum absolute atomic E-state index is 0.0174. The van der Waals surface area contributed by atoms with E-state index in [0.29, 0.717) is 24.9 Å². The summed E-state index contributed by atoms with van der Waals surface area (Å²) in [6, 6.07) is 6.87. The number of carbonyl (C=O) groups excluding carboxylic acids is 1. The highest BCUT2D eigenvalue weighted by Gasteiger charge is 2.17. The van der Waals surface area contributed by atoms with Gasteiger partial charge in [-0.3, -0.25) is 4.79 Å². The van der Waals surface area contributed by atoms with E-state index in [-0.39, 0.29) is 11.7 Å². The Morgan fingerprint density at radius 2 is 2.15 bits per heavy atom. The number of anilines is 1. The highest BCUT2D eigenvalue weighted by molar-refractivity contribution is 8.01. The third kappa shape index (κ3) is 6.17. The van der Waals surface area contributed by atoms with Gasteiger partial charge in [-0.05, 0) is 37.5 Å². The quantitative estimate of drug-likeness (QED) is 0.649. The molecule has 0 aliphatic heterocycles. The molecule has 1 aromatic heterocycles. The first kappa shape index (κ1) is 20.1. The third-order valence-electron chi connectivity index (χ3n) is 4.66. The summed E-state index contributed by atoms with van der Waals surface area (Å²) < 4.78 is 14.1. The number of benzene rings is 1. The first-order chi connectivity index (χ1) is 13.1. The second kappa shape index (κ2) is 10.0. The Hall–Kier alpha value is -1.67. The van der Waals surface area contributed by atoms with E-state index >= 15 is 0 Å². The van der Waals surface area contributed by atoms with Crippen LogP contribution in [0.2, 0.25) is 0 Å². The topological polar surface area (TPSA) is 58.1 Å². The van der Waals surface area contributed by atoms with Crippen molar-refractivity contribution in [3.05, 3.63) is 35.6 Å². The smallest absolute Gasteiger partial charge is 0.233 e. The van der Waals surface area contributed by atoms with Crippen LogP contribution in [-0.4, -0.2) is 39.3 Å². The third-order valence-corrected chi connectivity index (χ3v) is 6.63. The molecule has 1 aliphatic carbocycles. The molecule has 0 bridgehead atoms. The number of rotatable bonds is 8. The summed E-state index contributed by atoms with van der Waals surface area (Å²) in [7, 11) is 0. The van der Waals surface area contributed by atoms with Gasteiger partial charge < -0.3 is 10.2 Å². The van der Waals surface area contributed by atoms with Gasteiger partial charge >= 0.3 is 0 Å². The molecule has 0 saturated heterocycles. The molecule has 5 nitrogen and oxygen atoms in total. The van der Waals surface area contributed by atoms with Crippen molar-refractivity contribution in [1.82, 2.24) is 15.1 Å². The van der Waals surface area contributed by atoms with E-state index in [1.54, 1.807) is 11.0 Å². The molecule has 0 radical (unpaired) electrons. The Balaban J connectivity index is 1.48. The van der Waals surface area contributed by atoms with Crippen LogP contribution in [0.3, 0.4) is 0 Å². The van der Waals surface area contributed by atoms with Gasteiger partial charge in [0.1, 0.15) is 5.82 Å². The first-order valence-electron chi connectivity index (χ1n) is 9.39. The number of aromatic nitrogens is 2. The Bertz CT molecular complexity index is 749. The van der Waals surface area contributed by atoms with Crippen LogP contribution in [0.25, 0.3) is 0 Å². The van der Waals surface area contributed by atoms with E-state index in [9.17, 15) is 9.18 Å². The summed E-state index contributed by atoms with van der Waals surface area (Å²) in [6.45, 7) is 2.93. The molecule has 0 unspecified atom stereocenters. The van der Waals surface area contributed by atoms with Crippen LogP contribution in [0.4, 0.5) is 9.52 Å². The number of nitrogens with one attached hydrogen (secondary N) is 1. The lowest BCUT2D eigenvalue weighted by Gasteiger charge is -2.21. The van der Waals surface area contributed by atoms with E-state index in [0.717, 1.165) is 15.0 Å². The average molecular weight is 409 g/mol. The number of carbonyl (C=O) groups is 1. The van der Waals surface area contributed by atoms with Crippen LogP contribution in [-0.2, 0) is 11.3 Å². The van der Waals surface area contributed by atoms with Gasteiger partial charge in [-0.2, -0.15) is 0 Å². The second-order valence-corrected chi connectivity index (χ2v) is 8.88. The molecule has 146 valence electrons. The van der Waals surface area contributed by atoms with Crippen molar-refractivity contribution in [1.29, 1.82) is 0 Å². The van der Waals surface area contributed by atoms with E-state index in [2.05, 4.69) is 15.5 Å². The van der Waals surface area contributed by atoms with E-state index < -0.39 is 0 Å². The largest absolute Gasteiger partial charge is 0.357 e. The van der Waals surface area contributed by atoms with Crippen LogP contribution in [0.1, 0.15) is 44.6 Å². The van der Waals surface area contributed by atoms with Gasteiger partial charge in [-0.1, -0.05) is 54.5 Å². The number of hydrogen-bond acceptors (Lipinski definition) is 6. The van der Waals surface area contributed by atoms with Crippen LogP contribution in [0.5, 0.6) is 0 Å². The normalized spacial score (nSPS) is 14.9. The van der Waals surface area contributed by atoms with Crippen molar-refractivity contribution in [2.24, 2.45) is 0 Å². The fraction of sp³-hybridized carbons (Fsp3) is 0.526. The Kier molecular flexibility index (Phi) is 7.46. The lowest BCUT2D eigenvalue weighted by atomic mass is 9.96. The predicted octanol–water partition coefficient (Wildman–Crippen LogP) is 4.56. The zero-order chi connectivity index (χ0) is 19.1. The zero-order valence-corrected chi connectivity index (χ0v) is 17.1. The highest BCUT2D eigenvalue weighted by atomic mass is 32.2. The van der Waals surface area contributed by atoms with Gasteiger partial charge in [0.2, 0.25) is 11.0 Å². The molecular formula is C19H25FN4OS2. The highest BCUT2D eigenvalue weighted by Crippen LogP contribution is 2.28. The van der Waals surface area contributed by atoms with Gasteiger partial charge in [0.15, 0.2) is 4.34 Å². The molecule has 1 saturated carbocycles. The lowest BCUT2D eigenvalue weighted by Crippen LogP contribution is -2.31. The molecule has 1 N–H and O–H groups in total. The second-order valence-electron chi connectivity index (χ2n) is 6.68. The number of amides is 1. The number of nitrogens with zero attached hydrogens (tertiary/aromatic N) is 3. The molecule has 1 aliphatic rings. The molecular weight excluding hydrogens is 383 g/mol. The number of hydrogen-bond donors (Lipinski definition) is 1. The summed E-state index contributed by atoms with van der Waals surface area (Å²) in [5, 5.41) is 12.7. The van der Waals surface area contributed by atoms with Gasteiger partial charge in [0.25, 0.3) is 0 Å². The number of thioether (sulfide) groups is 1. The van der Waals surface area contributed by atoms with E-state index in [1.165, 1.54) is 67.3 Å². The van der Waals surface area contributed by atoms with Crippen molar-refractivity contribution in [3.63, 3.8) is 0 Å². The van der Waals surface area contributed by atoms with Crippen LogP contribution >= 0.6 is 23.1 Å². The molecule has 3 rings (SSSR count). The van der Waals surface area contributed by atoms with Crippen LogP contribution in [0, 0.1) is 5.82 Å². The molecule has 2 aromatic rings. The van der Waals surface area contributed by atoms with Crippen molar-refractivity contribution in [2.75, 3.05) is 17.6 Å². The zero-order valence-electron chi connectivity index (χ0n) is 15.5. The maximum atomic E-state index is 13.3. The van der Waals surface area contributed by atoms with E-state index in [4.69, 9.17) is 0 Å². The summed E-state index contributed by atoms with van der Waals surface area (Å²) in [6.07, 6.45) is 6.23.